The van der Waals surface area contributed by atoms with E-state index in [1.54, 1.807) is 11.7 Å². The van der Waals surface area contributed by atoms with Crippen LogP contribution in [-0.2, 0) is 6.42 Å². The highest BCUT2D eigenvalue weighted by atomic mass is 32.1. The Bertz CT molecular complexity index is 226. The average molecular weight is 201 g/mol. The lowest BCUT2D eigenvalue weighted by Gasteiger charge is -2.15. The molecule has 0 spiro atoms. The normalized spacial score (nSPS) is 15.6. The third kappa shape index (κ3) is 3.42. The van der Waals surface area contributed by atoms with Crippen molar-refractivity contribution in [2.45, 2.75) is 38.4 Å². The number of aliphatic hydroxyl groups is 2. The average Bonchev–Trinajstić information content (AvgIpc) is 2.57. The van der Waals surface area contributed by atoms with E-state index in [1.807, 2.05) is 6.92 Å². The Labute approximate surface area is 82.1 Å². The van der Waals surface area contributed by atoms with Crippen molar-refractivity contribution in [3.8, 4) is 0 Å². The molecule has 0 amide bonds. The smallest absolute Gasteiger partial charge is 0.0847 e. The van der Waals surface area contributed by atoms with E-state index in [1.165, 1.54) is 11.3 Å². The summed E-state index contributed by atoms with van der Waals surface area (Å²) in [5, 5.41) is 19.0. The minimum absolute atomic E-state index is 0.506. The second-order valence-corrected chi connectivity index (χ2v) is 4.07. The van der Waals surface area contributed by atoms with Crippen molar-refractivity contribution in [3.05, 3.63) is 16.6 Å². The van der Waals surface area contributed by atoms with Crippen LogP contribution in [0.5, 0.6) is 0 Å². The van der Waals surface area contributed by atoms with E-state index < -0.39 is 12.2 Å². The Morgan fingerprint density at radius 1 is 1.46 bits per heavy atom. The molecule has 1 rings (SSSR count). The van der Waals surface area contributed by atoms with Gasteiger partial charge in [0.15, 0.2) is 0 Å². The van der Waals surface area contributed by atoms with Gasteiger partial charge in [-0.05, 0) is 6.42 Å². The summed E-state index contributed by atoms with van der Waals surface area (Å²) in [4.78, 5) is 4.92. The monoisotopic (exact) mass is 201 g/mol. The Kier molecular flexibility index (Phi) is 4.35. The van der Waals surface area contributed by atoms with Gasteiger partial charge in [0.05, 0.1) is 17.7 Å². The zero-order valence-electron chi connectivity index (χ0n) is 7.68. The molecule has 13 heavy (non-hydrogen) atoms. The third-order valence-corrected chi connectivity index (χ3v) is 2.72. The second-order valence-electron chi connectivity index (χ2n) is 3.10. The molecule has 0 aromatic carbocycles. The molecule has 0 saturated carbocycles. The molecule has 0 radical (unpaired) electrons. The fourth-order valence-electron chi connectivity index (χ4n) is 1.17. The van der Waals surface area contributed by atoms with Crippen molar-refractivity contribution in [3.63, 3.8) is 0 Å². The van der Waals surface area contributed by atoms with E-state index in [4.69, 9.17) is 0 Å². The number of rotatable bonds is 5. The highest BCUT2D eigenvalue weighted by molar-refractivity contribution is 7.09. The quantitative estimate of drug-likeness (QED) is 0.753. The summed E-state index contributed by atoms with van der Waals surface area (Å²) in [6.07, 6.45) is 2.52. The van der Waals surface area contributed by atoms with E-state index >= 15 is 0 Å². The van der Waals surface area contributed by atoms with Crippen molar-refractivity contribution in [2.24, 2.45) is 0 Å². The van der Waals surface area contributed by atoms with Crippen molar-refractivity contribution in [1.29, 1.82) is 0 Å². The molecule has 0 bridgehead atoms. The molecular weight excluding hydrogens is 186 g/mol. The van der Waals surface area contributed by atoms with Crippen molar-refractivity contribution in [2.75, 3.05) is 0 Å². The summed E-state index contributed by atoms with van der Waals surface area (Å²) in [5.74, 6) is 0. The van der Waals surface area contributed by atoms with Crippen LogP contribution in [0.1, 0.15) is 24.6 Å². The molecule has 0 aliphatic rings. The summed E-state index contributed by atoms with van der Waals surface area (Å²) in [7, 11) is 0. The van der Waals surface area contributed by atoms with Crippen LogP contribution in [0.2, 0.25) is 0 Å². The maximum Gasteiger partial charge on any atom is 0.0847 e. The highest BCUT2D eigenvalue weighted by Crippen LogP contribution is 2.12. The molecule has 2 atom stereocenters. The zero-order valence-corrected chi connectivity index (χ0v) is 8.50. The minimum Gasteiger partial charge on any atom is -0.390 e. The first-order valence-electron chi connectivity index (χ1n) is 4.47. The number of nitrogens with zero attached hydrogens (tertiary/aromatic N) is 1. The van der Waals surface area contributed by atoms with Gasteiger partial charge >= 0.3 is 0 Å². The van der Waals surface area contributed by atoms with Crippen LogP contribution in [0.3, 0.4) is 0 Å². The van der Waals surface area contributed by atoms with Gasteiger partial charge in [0.1, 0.15) is 0 Å². The zero-order chi connectivity index (χ0) is 9.68. The van der Waals surface area contributed by atoms with Crippen molar-refractivity contribution < 1.29 is 10.2 Å². The molecular formula is C9H15NO2S. The maximum absolute atomic E-state index is 9.55. The van der Waals surface area contributed by atoms with Crippen LogP contribution in [0.15, 0.2) is 11.7 Å². The molecule has 2 N–H and O–H groups in total. The Morgan fingerprint density at radius 3 is 2.77 bits per heavy atom. The third-order valence-electron chi connectivity index (χ3n) is 1.92. The predicted molar refractivity (Wildman–Crippen MR) is 52.7 cm³/mol. The maximum atomic E-state index is 9.55. The van der Waals surface area contributed by atoms with Gasteiger partial charge in [-0.1, -0.05) is 13.3 Å². The van der Waals surface area contributed by atoms with Gasteiger partial charge in [0.25, 0.3) is 0 Å². The largest absolute Gasteiger partial charge is 0.390 e. The van der Waals surface area contributed by atoms with Crippen LogP contribution >= 0.6 is 11.3 Å². The number of aliphatic hydroxyl groups excluding tert-OH is 2. The Hall–Kier alpha value is -0.450. The van der Waals surface area contributed by atoms with Crippen LogP contribution in [0, 0.1) is 0 Å². The van der Waals surface area contributed by atoms with Crippen molar-refractivity contribution in [1.82, 2.24) is 4.98 Å². The first-order chi connectivity index (χ1) is 6.24. The standard InChI is InChI=1S/C9H15NO2S/c1-2-3-8(11)9(12)4-7-5-10-6-13-7/h5-6,8-9,11-12H,2-4H2,1H3. The fraction of sp³-hybridized carbons (Fsp3) is 0.667. The number of thiazole rings is 1. The summed E-state index contributed by atoms with van der Waals surface area (Å²) >= 11 is 1.50. The molecule has 0 fully saturated rings. The molecule has 4 heteroatoms. The molecule has 74 valence electrons. The van der Waals surface area contributed by atoms with Crippen LogP contribution in [0.25, 0.3) is 0 Å². The summed E-state index contributed by atoms with van der Waals surface area (Å²) in [5.41, 5.74) is 1.73. The lowest BCUT2D eigenvalue weighted by molar-refractivity contribution is 0.0152. The van der Waals surface area contributed by atoms with Gasteiger partial charge in [0.2, 0.25) is 0 Å². The van der Waals surface area contributed by atoms with Gasteiger partial charge in [-0.3, -0.25) is 4.98 Å². The highest BCUT2D eigenvalue weighted by Gasteiger charge is 2.15. The number of hydrogen-bond acceptors (Lipinski definition) is 4. The molecule has 1 aromatic heterocycles. The SMILES string of the molecule is CCCC(O)C(O)Cc1cncs1. The molecule has 2 unspecified atom stereocenters. The Morgan fingerprint density at radius 2 is 2.23 bits per heavy atom. The molecule has 1 heterocycles. The van der Waals surface area contributed by atoms with E-state index in [0.29, 0.717) is 12.8 Å². The Balaban J connectivity index is 2.36. The summed E-state index contributed by atoms with van der Waals surface area (Å²) in [6, 6.07) is 0. The molecule has 3 nitrogen and oxygen atoms in total. The number of aromatic nitrogens is 1. The van der Waals surface area contributed by atoms with Crippen LogP contribution in [0.4, 0.5) is 0 Å². The van der Waals surface area contributed by atoms with E-state index in [-0.39, 0.29) is 0 Å². The van der Waals surface area contributed by atoms with Gasteiger partial charge in [-0.25, -0.2) is 0 Å². The second kappa shape index (κ2) is 5.32. The van der Waals surface area contributed by atoms with Crippen molar-refractivity contribution >= 4 is 11.3 Å². The first kappa shape index (κ1) is 10.6. The summed E-state index contributed by atoms with van der Waals surface area (Å²) < 4.78 is 0. The van der Waals surface area contributed by atoms with Gasteiger partial charge in [-0.15, -0.1) is 11.3 Å². The first-order valence-corrected chi connectivity index (χ1v) is 5.35. The predicted octanol–water partition coefficient (Wildman–Crippen LogP) is 1.21. The minimum atomic E-state index is -0.652. The van der Waals surface area contributed by atoms with Gasteiger partial charge < -0.3 is 10.2 Å². The molecule has 0 aliphatic carbocycles. The van der Waals surface area contributed by atoms with Gasteiger partial charge in [-0.2, -0.15) is 0 Å². The fourth-order valence-corrected chi connectivity index (χ4v) is 1.82. The topological polar surface area (TPSA) is 53.4 Å². The number of hydrogen-bond donors (Lipinski definition) is 2. The lowest BCUT2D eigenvalue weighted by Crippen LogP contribution is -2.27. The molecule has 0 saturated heterocycles. The van der Waals surface area contributed by atoms with Gasteiger partial charge in [0, 0.05) is 17.5 Å². The molecule has 1 aromatic rings. The molecule has 0 aliphatic heterocycles. The van der Waals surface area contributed by atoms with E-state index in [9.17, 15) is 10.2 Å². The van der Waals surface area contributed by atoms with E-state index in [0.717, 1.165) is 11.3 Å². The summed E-state index contributed by atoms with van der Waals surface area (Å²) in [6.45, 7) is 1.99. The lowest BCUT2D eigenvalue weighted by atomic mass is 10.1. The van der Waals surface area contributed by atoms with Crippen LogP contribution in [-0.4, -0.2) is 27.4 Å². The van der Waals surface area contributed by atoms with E-state index in [2.05, 4.69) is 4.98 Å². The van der Waals surface area contributed by atoms with Crippen LogP contribution < -0.4 is 0 Å².